The van der Waals surface area contributed by atoms with E-state index in [1.807, 2.05) is 12.3 Å². The number of carbonyl (C=O) groups excluding carboxylic acids is 2. The molecule has 6 heteroatoms. The summed E-state index contributed by atoms with van der Waals surface area (Å²) < 4.78 is 0.690. The highest BCUT2D eigenvalue weighted by Crippen LogP contribution is 2.16. The second kappa shape index (κ2) is 9.48. The second-order valence-corrected chi connectivity index (χ2v) is 6.05. The van der Waals surface area contributed by atoms with Crippen LogP contribution in [0.2, 0.25) is 0 Å². The summed E-state index contributed by atoms with van der Waals surface area (Å²) in [5, 5.41) is 5.36. The molecule has 0 aliphatic carbocycles. The molecule has 1 atom stereocenters. The van der Waals surface area contributed by atoms with Gasteiger partial charge in [0.05, 0.1) is 12.1 Å². The first kappa shape index (κ1) is 17.6. The van der Waals surface area contributed by atoms with Crippen molar-refractivity contribution in [2.24, 2.45) is 0 Å². The molecule has 0 aliphatic rings. The van der Waals surface area contributed by atoms with E-state index >= 15 is 0 Å². The van der Waals surface area contributed by atoms with Gasteiger partial charge in [-0.1, -0.05) is 18.1 Å². The number of hydrogen-bond donors (Lipinski definition) is 2. The lowest BCUT2D eigenvalue weighted by Gasteiger charge is -2.18. The molecule has 1 aromatic rings. The van der Waals surface area contributed by atoms with Crippen LogP contribution in [-0.2, 0) is 4.79 Å². The maximum absolute atomic E-state index is 12.2. The summed E-state index contributed by atoms with van der Waals surface area (Å²) in [6, 6.07) is 6.49. The third kappa shape index (κ3) is 5.82. The number of halogens is 1. The lowest BCUT2D eigenvalue weighted by molar-refractivity contribution is -0.122. The molecule has 0 saturated carbocycles. The molecule has 0 radical (unpaired) electrons. The number of amides is 2. The van der Waals surface area contributed by atoms with Gasteiger partial charge in [-0.05, 0) is 46.5 Å². The smallest absolute Gasteiger partial charge is 0.253 e. The van der Waals surface area contributed by atoms with Crippen molar-refractivity contribution < 1.29 is 9.59 Å². The van der Waals surface area contributed by atoms with Crippen molar-refractivity contribution in [1.29, 1.82) is 0 Å². The lowest BCUT2D eigenvalue weighted by atomic mass is 10.1. The fourth-order valence-corrected chi connectivity index (χ4v) is 2.58. The van der Waals surface area contributed by atoms with Crippen LogP contribution in [0.4, 0.5) is 0 Å². The van der Waals surface area contributed by atoms with Crippen LogP contribution in [0.3, 0.4) is 0 Å². The summed E-state index contributed by atoms with van der Waals surface area (Å²) >= 11 is 4.94. The average Bonchev–Trinajstić information content (AvgIpc) is 2.49. The highest BCUT2D eigenvalue weighted by molar-refractivity contribution is 9.10. The Morgan fingerprint density at radius 2 is 2.14 bits per heavy atom. The molecule has 0 heterocycles. The lowest BCUT2D eigenvalue weighted by Crippen LogP contribution is -2.47. The quantitative estimate of drug-likeness (QED) is 0.724. The third-order valence-electron chi connectivity index (χ3n) is 2.72. The molecule has 2 amide bonds. The molecule has 0 aliphatic heterocycles. The predicted octanol–water partition coefficient (Wildman–Crippen LogP) is 2.05. The minimum Gasteiger partial charge on any atom is -0.343 e. The van der Waals surface area contributed by atoms with Gasteiger partial charge >= 0.3 is 0 Å². The standard InChI is InChI=1S/C15H17BrN2O2S/c1-3-9-17-15(20)13(8-10-21-2)18-14(19)11-6-4-5-7-12(11)16/h1,4-7,13H,8-10H2,2H3,(H,17,20)(H,18,19). The molecule has 2 N–H and O–H groups in total. The predicted molar refractivity (Wildman–Crippen MR) is 90.2 cm³/mol. The maximum atomic E-state index is 12.2. The van der Waals surface area contributed by atoms with Crippen molar-refractivity contribution in [3.05, 3.63) is 34.3 Å². The summed E-state index contributed by atoms with van der Waals surface area (Å²) in [4.78, 5) is 24.3. The summed E-state index contributed by atoms with van der Waals surface area (Å²) in [5.74, 6) is 2.57. The molecule has 112 valence electrons. The molecule has 0 saturated heterocycles. The van der Waals surface area contributed by atoms with Gasteiger partial charge in [0.2, 0.25) is 5.91 Å². The largest absolute Gasteiger partial charge is 0.343 e. The van der Waals surface area contributed by atoms with Crippen LogP contribution in [0.15, 0.2) is 28.7 Å². The van der Waals surface area contributed by atoms with Crippen LogP contribution in [-0.4, -0.2) is 36.4 Å². The van der Waals surface area contributed by atoms with Crippen LogP contribution in [0, 0.1) is 12.3 Å². The second-order valence-electron chi connectivity index (χ2n) is 4.21. The minimum atomic E-state index is -0.592. The van der Waals surface area contributed by atoms with Crippen molar-refractivity contribution in [2.75, 3.05) is 18.6 Å². The van der Waals surface area contributed by atoms with Gasteiger partial charge in [-0.2, -0.15) is 11.8 Å². The zero-order valence-electron chi connectivity index (χ0n) is 11.7. The van der Waals surface area contributed by atoms with Crippen LogP contribution < -0.4 is 10.6 Å². The minimum absolute atomic E-state index is 0.152. The Morgan fingerprint density at radius 3 is 2.76 bits per heavy atom. The van der Waals surface area contributed by atoms with E-state index in [4.69, 9.17) is 6.42 Å². The third-order valence-corrected chi connectivity index (χ3v) is 4.05. The molecule has 4 nitrogen and oxygen atoms in total. The van der Waals surface area contributed by atoms with Crippen molar-refractivity contribution in [1.82, 2.24) is 10.6 Å². The number of rotatable bonds is 7. The number of nitrogens with one attached hydrogen (secondary N) is 2. The van der Waals surface area contributed by atoms with Gasteiger partial charge in [-0.15, -0.1) is 6.42 Å². The van der Waals surface area contributed by atoms with Crippen LogP contribution in [0.5, 0.6) is 0 Å². The Bertz CT molecular complexity index is 543. The highest BCUT2D eigenvalue weighted by atomic mass is 79.9. The van der Waals surface area contributed by atoms with E-state index in [1.165, 1.54) is 0 Å². The first-order chi connectivity index (χ1) is 10.1. The highest BCUT2D eigenvalue weighted by Gasteiger charge is 2.21. The SMILES string of the molecule is C#CCNC(=O)C(CCSC)NC(=O)c1ccccc1Br. The molecule has 1 unspecified atom stereocenters. The molecule has 0 bridgehead atoms. The van der Waals surface area contributed by atoms with E-state index in [0.29, 0.717) is 16.5 Å². The number of terminal acetylenes is 1. The number of thioether (sulfide) groups is 1. The monoisotopic (exact) mass is 368 g/mol. The summed E-state index contributed by atoms with van der Waals surface area (Å²) in [6.45, 7) is 0.152. The molecule has 1 aromatic carbocycles. The topological polar surface area (TPSA) is 58.2 Å². The van der Waals surface area contributed by atoms with Crippen molar-refractivity contribution in [3.8, 4) is 12.3 Å². The first-order valence-corrected chi connectivity index (χ1v) is 8.54. The molecule has 1 rings (SSSR count). The number of carbonyl (C=O) groups is 2. The Hall–Kier alpha value is -1.45. The summed E-state index contributed by atoms with van der Waals surface area (Å²) in [5.41, 5.74) is 0.497. The van der Waals surface area contributed by atoms with Gasteiger partial charge in [0, 0.05) is 4.47 Å². The van der Waals surface area contributed by atoms with Gasteiger partial charge in [-0.25, -0.2) is 0 Å². The van der Waals surface area contributed by atoms with E-state index in [0.717, 1.165) is 5.75 Å². The molecular weight excluding hydrogens is 352 g/mol. The Kier molecular flexibility index (Phi) is 7.95. The molecular formula is C15H17BrN2O2S. The fraction of sp³-hybridized carbons (Fsp3) is 0.333. The maximum Gasteiger partial charge on any atom is 0.253 e. The average molecular weight is 369 g/mol. The van der Waals surface area contributed by atoms with Gasteiger partial charge < -0.3 is 10.6 Å². The van der Waals surface area contributed by atoms with E-state index in [2.05, 4.69) is 32.5 Å². The van der Waals surface area contributed by atoms with E-state index in [-0.39, 0.29) is 18.4 Å². The number of benzene rings is 1. The molecule has 21 heavy (non-hydrogen) atoms. The van der Waals surface area contributed by atoms with Gasteiger partial charge in [0.15, 0.2) is 0 Å². The zero-order valence-corrected chi connectivity index (χ0v) is 14.1. The fourth-order valence-electron chi connectivity index (χ4n) is 1.65. The van der Waals surface area contributed by atoms with Crippen molar-refractivity contribution >= 4 is 39.5 Å². The van der Waals surface area contributed by atoms with Gasteiger partial charge in [0.1, 0.15) is 6.04 Å². The molecule has 0 fully saturated rings. The molecule has 0 spiro atoms. The normalized spacial score (nSPS) is 11.3. The van der Waals surface area contributed by atoms with E-state index < -0.39 is 6.04 Å². The first-order valence-electron chi connectivity index (χ1n) is 6.35. The van der Waals surface area contributed by atoms with E-state index in [9.17, 15) is 9.59 Å². The van der Waals surface area contributed by atoms with Gasteiger partial charge in [0.25, 0.3) is 5.91 Å². The Labute approximate surface area is 137 Å². The summed E-state index contributed by atoms with van der Waals surface area (Å²) in [7, 11) is 0. The van der Waals surface area contributed by atoms with Crippen LogP contribution >= 0.6 is 27.7 Å². The van der Waals surface area contributed by atoms with Crippen molar-refractivity contribution in [2.45, 2.75) is 12.5 Å². The zero-order chi connectivity index (χ0) is 15.7. The van der Waals surface area contributed by atoms with Gasteiger partial charge in [-0.3, -0.25) is 9.59 Å². The van der Waals surface area contributed by atoms with E-state index in [1.54, 1.807) is 30.0 Å². The van der Waals surface area contributed by atoms with Crippen molar-refractivity contribution in [3.63, 3.8) is 0 Å². The molecule has 0 aromatic heterocycles. The number of hydrogen-bond acceptors (Lipinski definition) is 3. The summed E-state index contributed by atoms with van der Waals surface area (Å²) in [6.07, 6.45) is 7.63. The Morgan fingerprint density at radius 1 is 1.43 bits per heavy atom. The van der Waals surface area contributed by atoms with Crippen LogP contribution in [0.1, 0.15) is 16.8 Å². The van der Waals surface area contributed by atoms with Crippen LogP contribution in [0.25, 0.3) is 0 Å². The Balaban J connectivity index is 2.76.